The van der Waals surface area contributed by atoms with E-state index >= 15 is 0 Å². The highest BCUT2D eigenvalue weighted by Crippen LogP contribution is 2.07. The molecule has 0 fully saturated rings. The van der Waals surface area contributed by atoms with Crippen molar-refractivity contribution < 1.29 is 4.74 Å². The molecule has 0 saturated carbocycles. The largest absolute Gasteiger partial charge is 0.381 e. The van der Waals surface area contributed by atoms with Gasteiger partial charge in [-0.25, -0.2) is 0 Å². The third-order valence-electron chi connectivity index (χ3n) is 2.21. The van der Waals surface area contributed by atoms with Crippen molar-refractivity contribution >= 4 is 11.3 Å². The zero-order chi connectivity index (χ0) is 9.52. The van der Waals surface area contributed by atoms with Gasteiger partial charge in [-0.2, -0.15) is 11.3 Å². The Morgan fingerprint density at radius 3 is 3.00 bits per heavy atom. The molecule has 0 aliphatic heterocycles. The van der Waals surface area contributed by atoms with Gasteiger partial charge in [0, 0.05) is 6.61 Å². The van der Waals surface area contributed by atoms with Crippen LogP contribution in [0.2, 0.25) is 0 Å². The minimum absolute atomic E-state index is 0.697. The van der Waals surface area contributed by atoms with Crippen molar-refractivity contribution in [3.05, 3.63) is 22.4 Å². The van der Waals surface area contributed by atoms with E-state index in [1.54, 1.807) is 11.3 Å². The summed E-state index contributed by atoms with van der Waals surface area (Å²) in [5.74, 6) is 0.697. The van der Waals surface area contributed by atoms with Crippen LogP contribution in [-0.4, -0.2) is 13.2 Å². The van der Waals surface area contributed by atoms with Crippen LogP contribution in [0.25, 0.3) is 0 Å². The van der Waals surface area contributed by atoms with Crippen molar-refractivity contribution in [1.29, 1.82) is 0 Å². The van der Waals surface area contributed by atoms with Gasteiger partial charge in [-0.1, -0.05) is 20.3 Å². The SMILES string of the molecule is CCC(C)COCCc1ccsc1. The van der Waals surface area contributed by atoms with Crippen molar-refractivity contribution in [2.24, 2.45) is 5.92 Å². The molecular formula is C11H18OS. The summed E-state index contributed by atoms with van der Waals surface area (Å²) >= 11 is 1.75. The van der Waals surface area contributed by atoms with Crippen LogP contribution in [0.3, 0.4) is 0 Å². The van der Waals surface area contributed by atoms with E-state index < -0.39 is 0 Å². The highest BCUT2D eigenvalue weighted by molar-refractivity contribution is 7.07. The molecule has 0 bridgehead atoms. The summed E-state index contributed by atoms with van der Waals surface area (Å²) in [4.78, 5) is 0. The molecule has 0 aromatic carbocycles. The molecule has 0 aliphatic carbocycles. The monoisotopic (exact) mass is 198 g/mol. The molecule has 0 N–H and O–H groups in total. The van der Waals surface area contributed by atoms with Crippen LogP contribution in [0.15, 0.2) is 16.8 Å². The molecule has 1 unspecified atom stereocenters. The third-order valence-corrected chi connectivity index (χ3v) is 2.95. The van der Waals surface area contributed by atoms with Crippen molar-refractivity contribution in [3.8, 4) is 0 Å². The lowest BCUT2D eigenvalue weighted by Crippen LogP contribution is -2.06. The van der Waals surface area contributed by atoms with Gasteiger partial charge >= 0.3 is 0 Å². The van der Waals surface area contributed by atoms with Crippen LogP contribution < -0.4 is 0 Å². The maximum absolute atomic E-state index is 5.56. The van der Waals surface area contributed by atoms with Gasteiger partial charge in [-0.05, 0) is 34.7 Å². The first-order valence-electron chi connectivity index (χ1n) is 4.91. The molecule has 0 amide bonds. The smallest absolute Gasteiger partial charge is 0.0506 e. The Labute approximate surface area is 84.7 Å². The number of hydrogen-bond donors (Lipinski definition) is 0. The van der Waals surface area contributed by atoms with E-state index in [4.69, 9.17) is 4.74 Å². The predicted molar refractivity (Wildman–Crippen MR) is 58.3 cm³/mol. The average Bonchev–Trinajstić information content (AvgIpc) is 2.64. The lowest BCUT2D eigenvalue weighted by Gasteiger charge is -2.08. The third kappa shape index (κ3) is 4.44. The molecule has 1 aromatic heterocycles. The summed E-state index contributed by atoms with van der Waals surface area (Å²) in [6.45, 7) is 6.19. The molecule has 1 nitrogen and oxygen atoms in total. The normalized spacial score (nSPS) is 13.1. The molecule has 0 saturated heterocycles. The van der Waals surface area contributed by atoms with Crippen LogP contribution in [0, 0.1) is 5.92 Å². The lowest BCUT2D eigenvalue weighted by atomic mass is 10.1. The Hall–Kier alpha value is -0.340. The Morgan fingerprint density at radius 2 is 2.38 bits per heavy atom. The molecule has 74 valence electrons. The van der Waals surface area contributed by atoms with Crippen LogP contribution in [0.1, 0.15) is 25.8 Å². The average molecular weight is 198 g/mol. The van der Waals surface area contributed by atoms with Gasteiger partial charge in [-0.15, -0.1) is 0 Å². The van der Waals surface area contributed by atoms with Gasteiger partial charge in [0.2, 0.25) is 0 Å². The Bertz CT molecular complexity index is 206. The van der Waals surface area contributed by atoms with Crippen molar-refractivity contribution in [2.75, 3.05) is 13.2 Å². The molecule has 1 rings (SSSR count). The molecule has 0 spiro atoms. The molecule has 2 heteroatoms. The van der Waals surface area contributed by atoms with E-state index in [0.29, 0.717) is 5.92 Å². The van der Waals surface area contributed by atoms with E-state index in [-0.39, 0.29) is 0 Å². The summed E-state index contributed by atoms with van der Waals surface area (Å²) in [5.41, 5.74) is 1.40. The fraction of sp³-hybridized carbons (Fsp3) is 0.636. The number of ether oxygens (including phenoxy) is 1. The van der Waals surface area contributed by atoms with Gasteiger partial charge < -0.3 is 4.74 Å². The van der Waals surface area contributed by atoms with E-state index in [1.807, 2.05) is 0 Å². The zero-order valence-corrected chi connectivity index (χ0v) is 9.27. The second-order valence-corrected chi connectivity index (χ2v) is 4.25. The summed E-state index contributed by atoms with van der Waals surface area (Å²) in [7, 11) is 0. The fourth-order valence-electron chi connectivity index (χ4n) is 1.03. The van der Waals surface area contributed by atoms with Crippen molar-refractivity contribution in [3.63, 3.8) is 0 Å². The topological polar surface area (TPSA) is 9.23 Å². The van der Waals surface area contributed by atoms with E-state index in [0.717, 1.165) is 19.6 Å². The first-order valence-corrected chi connectivity index (χ1v) is 5.86. The van der Waals surface area contributed by atoms with Crippen molar-refractivity contribution in [1.82, 2.24) is 0 Å². The zero-order valence-electron chi connectivity index (χ0n) is 8.45. The van der Waals surface area contributed by atoms with Crippen LogP contribution in [-0.2, 0) is 11.2 Å². The second kappa shape index (κ2) is 6.17. The van der Waals surface area contributed by atoms with Crippen LogP contribution in [0.4, 0.5) is 0 Å². The first kappa shape index (κ1) is 10.7. The lowest BCUT2D eigenvalue weighted by molar-refractivity contribution is 0.106. The maximum Gasteiger partial charge on any atom is 0.0506 e. The van der Waals surface area contributed by atoms with Gasteiger partial charge in [0.25, 0.3) is 0 Å². The fourth-order valence-corrected chi connectivity index (χ4v) is 1.73. The molecule has 0 aliphatic rings. The molecular weight excluding hydrogens is 180 g/mol. The Kier molecular flexibility index (Phi) is 5.09. The first-order chi connectivity index (χ1) is 6.33. The standard InChI is InChI=1S/C11H18OS/c1-3-10(2)8-12-6-4-11-5-7-13-9-11/h5,7,9-10H,3-4,6,8H2,1-2H3. The highest BCUT2D eigenvalue weighted by atomic mass is 32.1. The predicted octanol–water partition coefficient (Wildman–Crippen LogP) is 3.35. The Balaban J connectivity index is 2.02. The minimum atomic E-state index is 0.697. The van der Waals surface area contributed by atoms with Gasteiger partial charge in [-0.3, -0.25) is 0 Å². The van der Waals surface area contributed by atoms with E-state index in [1.165, 1.54) is 12.0 Å². The van der Waals surface area contributed by atoms with Crippen LogP contribution in [0.5, 0.6) is 0 Å². The van der Waals surface area contributed by atoms with Crippen LogP contribution >= 0.6 is 11.3 Å². The molecule has 1 aromatic rings. The Morgan fingerprint density at radius 1 is 1.54 bits per heavy atom. The number of thiophene rings is 1. The van der Waals surface area contributed by atoms with Crippen molar-refractivity contribution in [2.45, 2.75) is 26.7 Å². The van der Waals surface area contributed by atoms with E-state index in [9.17, 15) is 0 Å². The quantitative estimate of drug-likeness (QED) is 0.637. The number of hydrogen-bond acceptors (Lipinski definition) is 2. The van der Waals surface area contributed by atoms with Gasteiger partial charge in [0.15, 0.2) is 0 Å². The summed E-state index contributed by atoms with van der Waals surface area (Å²) < 4.78 is 5.56. The molecule has 1 atom stereocenters. The van der Waals surface area contributed by atoms with E-state index in [2.05, 4.69) is 30.7 Å². The van der Waals surface area contributed by atoms with Gasteiger partial charge in [0.05, 0.1) is 6.61 Å². The molecule has 1 heterocycles. The summed E-state index contributed by atoms with van der Waals surface area (Å²) in [5, 5.41) is 4.30. The molecule has 0 radical (unpaired) electrons. The minimum Gasteiger partial charge on any atom is -0.381 e. The second-order valence-electron chi connectivity index (χ2n) is 3.47. The molecule has 13 heavy (non-hydrogen) atoms. The summed E-state index contributed by atoms with van der Waals surface area (Å²) in [6, 6.07) is 2.16. The highest BCUT2D eigenvalue weighted by Gasteiger charge is 1.98. The maximum atomic E-state index is 5.56. The number of rotatable bonds is 6. The van der Waals surface area contributed by atoms with Gasteiger partial charge in [0.1, 0.15) is 0 Å². The summed E-state index contributed by atoms with van der Waals surface area (Å²) in [6.07, 6.45) is 2.26.